The van der Waals surface area contributed by atoms with Crippen LogP contribution in [0.3, 0.4) is 0 Å². The monoisotopic (exact) mass is 410 g/mol. The van der Waals surface area contributed by atoms with Crippen LogP contribution in [-0.2, 0) is 16.1 Å². The number of hydrogen-bond donors (Lipinski definition) is 0. The maximum Gasteiger partial charge on any atom is 0.311 e. The Morgan fingerprint density at radius 2 is 1.90 bits per heavy atom. The second-order valence-electron chi connectivity index (χ2n) is 7.31. The van der Waals surface area contributed by atoms with E-state index in [0.29, 0.717) is 41.4 Å². The Kier molecular flexibility index (Phi) is 5.70. The number of likely N-dealkylation sites (tertiary alicyclic amines) is 1. The maximum absolute atomic E-state index is 13.9. The molecular weight excluding hydrogens is 390 g/mol. The summed E-state index contributed by atoms with van der Waals surface area (Å²) in [5.74, 6) is -1.87. The molecule has 2 heterocycles. The molecule has 0 saturated carbocycles. The standard InChI is InChI=1S/C23H20F2N2O3/c24-18-8-5-15(6-9-18)22(28)27-12-2-3-16(13-27)23(29)30-14-17-7-10-20(25)19-4-1-11-26-21(17)19/h1,4-11,16H,2-3,12-14H2. The van der Waals surface area contributed by atoms with Gasteiger partial charge in [0.1, 0.15) is 18.2 Å². The highest BCUT2D eigenvalue weighted by molar-refractivity contribution is 5.94. The third-order valence-electron chi connectivity index (χ3n) is 5.30. The minimum absolute atomic E-state index is 0.0188. The van der Waals surface area contributed by atoms with E-state index in [1.165, 1.54) is 30.3 Å². The summed E-state index contributed by atoms with van der Waals surface area (Å²) < 4.78 is 32.5. The Balaban J connectivity index is 1.41. The molecule has 4 rings (SSSR count). The van der Waals surface area contributed by atoms with Gasteiger partial charge in [0.15, 0.2) is 0 Å². The van der Waals surface area contributed by atoms with Crippen molar-refractivity contribution in [2.45, 2.75) is 19.4 Å². The molecule has 154 valence electrons. The Labute approximate surface area is 172 Å². The topological polar surface area (TPSA) is 59.5 Å². The number of piperidine rings is 1. The van der Waals surface area contributed by atoms with Crippen LogP contribution in [0.25, 0.3) is 10.9 Å². The fraction of sp³-hybridized carbons (Fsp3) is 0.261. The van der Waals surface area contributed by atoms with Gasteiger partial charge in [-0.15, -0.1) is 0 Å². The van der Waals surface area contributed by atoms with Crippen LogP contribution in [0.5, 0.6) is 0 Å². The van der Waals surface area contributed by atoms with Gasteiger partial charge in [0.05, 0.1) is 11.4 Å². The van der Waals surface area contributed by atoms with Crippen molar-refractivity contribution in [1.29, 1.82) is 0 Å². The summed E-state index contributed by atoms with van der Waals surface area (Å²) in [5.41, 5.74) is 1.46. The fourth-order valence-corrected chi connectivity index (χ4v) is 3.71. The summed E-state index contributed by atoms with van der Waals surface area (Å²) in [4.78, 5) is 31.1. The quantitative estimate of drug-likeness (QED) is 0.608. The number of amides is 1. The maximum atomic E-state index is 13.9. The second kappa shape index (κ2) is 8.57. The van der Waals surface area contributed by atoms with E-state index in [4.69, 9.17) is 4.74 Å². The van der Waals surface area contributed by atoms with Gasteiger partial charge >= 0.3 is 5.97 Å². The number of pyridine rings is 1. The Hall–Kier alpha value is -3.35. The van der Waals surface area contributed by atoms with Crippen molar-refractivity contribution in [3.05, 3.63) is 77.5 Å². The van der Waals surface area contributed by atoms with Gasteiger partial charge in [-0.05, 0) is 55.3 Å². The highest BCUT2D eigenvalue weighted by Gasteiger charge is 2.30. The molecule has 1 unspecified atom stereocenters. The van der Waals surface area contributed by atoms with E-state index >= 15 is 0 Å². The Morgan fingerprint density at radius 1 is 1.10 bits per heavy atom. The van der Waals surface area contributed by atoms with Crippen molar-refractivity contribution in [1.82, 2.24) is 9.88 Å². The first-order valence-corrected chi connectivity index (χ1v) is 9.76. The average molecular weight is 410 g/mol. The molecule has 0 spiro atoms. The molecule has 1 atom stereocenters. The summed E-state index contributed by atoms with van der Waals surface area (Å²) in [6.07, 6.45) is 2.86. The van der Waals surface area contributed by atoms with Crippen LogP contribution in [-0.4, -0.2) is 34.8 Å². The zero-order valence-electron chi connectivity index (χ0n) is 16.2. The molecule has 0 radical (unpaired) electrons. The zero-order chi connectivity index (χ0) is 21.1. The lowest BCUT2D eigenvalue weighted by molar-refractivity contribution is -0.151. The first-order chi connectivity index (χ1) is 14.5. The van der Waals surface area contributed by atoms with Crippen molar-refractivity contribution in [3.63, 3.8) is 0 Å². The number of ether oxygens (including phenoxy) is 1. The van der Waals surface area contributed by atoms with Crippen LogP contribution in [0.4, 0.5) is 8.78 Å². The third kappa shape index (κ3) is 4.15. The molecule has 3 aromatic rings. The number of fused-ring (bicyclic) bond motifs is 1. The van der Waals surface area contributed by atoms with Crippen molar-refractivity contribution >= 4 is 22.8 Å². The van der Waals surface area contributed by atoms with E-state index < -0.39 is 17.7 Å². The van der Waals surface area contributed by atoms with E-state index in [9.17, 15) is 18.4 Å². The Morgan fingerprint density at radius 3 is 2.70 bits per heavy atom. The van der Waals surface area contributed by atoms with E-state index in [2.05, 4.69) is 4.98 Å². The zero-order valence-corrected chi connectivity index (χ0v) is 16.2. The molecule has 1 fully saturated rings. The van der Waals surface area contributed by atoms with Gasteiger partial charge in [0, 0.05) is 35.8 Å². The minimum atomic E-state index is -0.442. The molecule has 7 heteroatoms. The first kappa shape index (κ1) is 19.9. The Bertz CT molecular complexity index is 1090. The van der Waals surface area contributed by atoms with Crippen LogP contribution < -0.4 is 0 Å². The van der Waals surface area contributed by atoms with E-state index in [-0.39, 0.29) is 24.9 Å². The summed E-state index contributed by atoms with van der Waals surface area (Å²) in [6.45, 7) is 0.763. The number of aromatic nitrogens is 1. The molecule has 0 N–H and O–H groups in total. The number of esters is 1. The molecule has 1 amide bonds. The van der Waals surface area contributed by atoms with Crippen LogP contribution in [0.15, 0.2) is 54.7 Å². The number of carbonyl (C=O) groups is 2. The molecule has 1 saturated heterocycles. The largest absolute Gasteiger partial charge is 0.460 e. The van der Waals surface area contributed by atoms with Crippen molar-refractivity contribution in [2.24, 2.45) is 5.92 Å². The van der Waals surface area contributed by atoms with Crippen molar-refractivity contribution in [3.8, 4) is 0 Å². The van der Waals surface area contributed by atoms with Crippen LogP contribution in [0, 0.1) is 17.6 Å². The molecule has 0 bridgehead atoms. The second-order valence-corrected chi connectivity index (χ2v) is 7.31. The summed E-state index contributed by atoms with van der Waals surface area (Å²) >= 11 is 0. The van der Waals surface area contributed by atoms with Crippen LogP contribution >= 0.6 is 0 Å². The lowest BCUT2D eigenvalue weighted by Crippen LogP contribution is -2.42. The van der Waals surface area contributed by atoms with Gasteiger partial charge in [-0.2, -0.15) is 0 Å². The van der Waals surface area contributed by atoms with Gasteiger partial charge < -0.3 is 9.64 Å². The number of carbonyl (C=O) groups excluding carboxylic acids is 2. The predicted octanol–water partition coefficient (Wildman–Crippen LogP) is 4.11. The number of nitrogens with zero attached hydrogens (tertiary/aromatic N) is 2. The first-order valence-electron chi connectivity index (χ1n) is 9.76. The minimum Gasteiger partial charge on any atom is -0.460 e. The SMILES string of the molecule is O=C(OCc1ccc(F)c2cccnc12)C1CCCN(C(=O)c2ccc(F)cc2)C1. The normalized spacial score (nSPS) is 16.5. The van der Waals surface area contributed by atoms with Gasteiger partial charge in [0.2, 0.25) is 0 Å². The van der Waals surface area contributed by atoms with Crippen molar-refractivity contribution < 1.29 is 23.1 Å². The van der Waals surface area contributed by atoms with Gasteiger partial charge in [-0.3, -0.25) is 14.6 Å². The van der Waals surface area contributed by atoms with Crippen molar-refractivity contribution in [2.75, 3.05) is 13.1 Å². The van der Waals surface area contributed by atoms with E-state index in [0.717, 1.165) is 0 Å². The van der Waals surface area contributed by atoms with Gasteiger partial charge in [0.25, 0.3) is 5.91 Å². The third-order valence-corrected chi connectivity index (χ3v) is 5.30. The summed E-state index contributed by atoms with van der Waals surface area (Å²) in [7, 11) is 0. The molecule has 2 aromatic carbocycles. The summed E-state index contributed by atoms with van der Waals surface area (Å²) in [6, 6.07) is 11.5. The average Bonchev–Trinajstić information content (AvgIpc) is 2.79. The highest BCUT2D eigenvalue weighted by atomic mass is 19.1. The lowest BCUT2D eigenvalue weighted by Gasteiger charge is -2.31. The molecule has 1 aliphatic rings. The number of rotatable bonds is 4. The molecule has 1 aliphatic heterocycles. The predicted molar refractivity (Wildman–Crippen MR) is 107 cm³/mol. The molecule has 0 aliphatic carbocycles. The van der Waals surface area contributed by atoms with Crippen LogP contribution in [0.1, 0.15) is 28.8 Å². The molecule has 1 aromatic heterocycles. The number of halogens is 2. The molecular formula is C23H20F2N2O3. The smallest absolute Gasteiger partial charge is 0.311 e. The van der Waals surface area contributed by atoms with E-state index in [1.54, 1.807) is 29.3 Å². The van der Waals surface area contributed by atoms with Crippen LogP contribution in [0.2, 0.25) is 0 Å². The number of hydrogen-bond acceptors (Lipinski definition) is 4. The van der Waals surface area contributed by atoms with Gasteiger partial charge in [-0.1, -0.05) is 6.07 Å². The molecule has 5 nitrogen and oxygen atoms in total. The fourth-order valence-electron chi connectivity index (χ4n) is 3.71. The van der Waals surface area contributed by atoms with E-state index in [1.807, 2.05) is 0 Å². The highest BCUT2D eigenvalue weighted by Crippen LogP contribution is 2.23. The number of benzene rings is 2. The summed E-state index contributed by atoms with van der Waals surface area (Å²) in [5, 5.41) is 0.375. The van der Waals surface area contributed by atoms with Gasteiger partial charge in [-0.25, -0.2) is 8.78 Å². The molecule has 30 heavy (non-hydrogen) atoms. The lowest BCUT2D eigenvalue weighted by atomic mass is 9.97.